The Morgan fingerprint density at radius 1 is 1.15 bits per heavy atom. The highest BCUT2D eigenvalue weighted by Crippen LogP contribution is 2.31. The average molecular weight is 440 g/mol. The molecule has 0 heterocycles. The molecule has 0 bridgehead atoms. The van der Waals surface area contributed by atoms with E-state index in [4.69, 9.17) is 4.99 Å². The van der Waals surface area contributed by atoms with Gasteiger partial charge in [-0.3, -0.25) is 4.79 Å². The van der Waals surface area contributed by atoms with Crippen LogP contribution in [0.15, 0.2) is 113 Å². The molecular formula is C29H33N3O. The van der Waals surface area contributed by atoms with E-state index in [1.807, 2.05) is 36.7 Å². The van der Waals surface area contributed by atoms with Crippen molar-refractivity contribution in [2.45, 2.75) is 31.7 Å². The second-order valence-electron chi connectivity index (χ2n) is 8.09. The molecule has 0 saturated heterocycles. The number of carbonyl (C=O) groups is 1. The van der Waals surface area contributed by atoms with Crippen LogP contribution in [0, 0.1) is 0 Å². The summed E-state index contributed by atoms with van der Waals surface area (Å²) in [6, 6.07) is 21.0. The van der Waals surface area contributed by atoms with E-state index < -0.39 is 0 Å². The molecule has 2 aromatic rings. The van der Waals surface area contributed by atoms with Crippen LogP contribution in [0.2, 0.25) is 0 Å². The first kappa shape index (κ1) is 24.0. The highest BCUT2D eigenvalue weighted by atomic mass is 16.1. The Balaban J connectivity index is 1.85. The number of nitrogens with one attached hydrogen (secondary N) is 1. The normalized spacial score (nSPS) is 14.9. The van der Waals surface area contributed by atoms with Crippen LogP contribution in [0.3, 0.4) is 0 Å². The predicted molar refractivity (Wildman–Crippen MR) is 138 cm³/mol. The second-order valence-corrected chi connectivity index (χ2v) is 8.09. The average Bonchev–Trinajstić information content (AvgIpc) is 2.87. The van der Waals surface area contributed by atoms with E-state index in [0.717, 1.165) is 37.0 Å². The first-order valence-electron chi connectivity index (χ1n) is 11.4. The lowest BCUT2D eigenvalue weighted by Crippen LogP contribution is -2.26. The lowest BCUT2D eigenvalue weighted by atomic mass is 9.92. The number of likely N-dealkylation sites (N-methyl/N-ethyl adjacent to an activating group) is 1. The first-order chi connectivity index (χ1) is 16.2. The summed E-state index contributed by atoms with van der Waals surface area (Å²) in [7, 11) is 2.06. The molecule has 0 saturated carbocycles. The van der Waals surface area contributed by atoms with Gasteiger partial charge in [0.1, 0.15) is 0 Å². The van der Waals surface area contributed by atoms with Gasteiger partial charge in [-0.05, 0) is 48.0 Å². The van der Waals surface area contributed by atoms with Crippen LogP contribution in [0.5, 0.6) is 0 Å². The summed E-state index contributed by atoms with van der Waals surface area (Å²) in [6.07, 6.45) is 14.8. The summed E-state index contributed by atoms with van der Waals surface area (Å²) < 4.78 is 0. The third-order valence-corrected chi connectivity index (χ3v) is 5.81. The van der Waals surface area contributed by atoms with Crippen molar-refractivity contribution in [3.8, 4) is 0 Å². The molecule has 0 fully saturated rings. The van der Waals surface area contributed by atoms with Gasteiger partial charge in [-0.25, -0.2) is 4.99 Å². The minimum absolute atomic E-state index is 0.108. The third kappa shape index (κ3) is 7.18. The summed E-state index contributed by atoms with van der Waals surface area (Å²) in [6.45, 7) is 4.37. The Kier molecular flexibility index (Phi) is 9.46. The zero-order valence-corrected chi connectivity index (χ0v) is 19.4. The lowest BCUT2D eigenvalue weighted by Gasteiger charge is -2.30. The molecule has 0 aliphatic heterocycles. The molecule has 1 aliphatic carbocycles. The zero-order chi connectivity index (χ0) is 23.3. The number of amides is 1. The Bertz CT molecular complexity index is 1020. The molecule has 2 aromatic carbocycles. The van der Waals surface area contributed by atoms with Gasteiger partial charge in [-0.2, -0.15) is 0 Å². The summed E-state index contributed by atoms with van der Waals surface area (Å²) >= 11 is 0. The SMILES string of the molecule is C=C/C(CCc1ccccc1)=C(/CNC=O)N=CN(C)C(C1=CC=CCC1)c1ccccc1. The molecule has 1 unspecified atom stereocenters. The minimum Gasteiger partial charge on any atom is -0.355 e. The minimum atomic E-state index is 0.108. The molecule has 33 heavy (non-hydrogen) atoms. The van der Waals surface area contributed by atoms with Crippen molar-refractivity contribution in [1.82, 2.24) is 10.2 Å². The topological polar surface area (TPSA) is 44.7 Å². The van der Waals surface area contributed by atoms with E-state index in [-0.39, 0.29) is 6.04 Å². The highest BCUT2D eigenvalue weighted by Gasteiger charge is 2.20. The predicted octanol–water partition coefficient (Wildman–Crippen LogP) is 5.78. The van der Waals surface area contributed by atoms with Gasteiger partial charge >= 0.3 is 0 Å². The second kappa shape index (κ2) is 13.0. The molecular weight excluding hydrogens is 406 g/mol. The lowest BCUT2D eigenvalue weighted by molar-refractivity contribution is -0.109. The summed E-state index contributed by atoms with van der Waals surface area (Å²) in [5.41, 5.74) is 5.72. The standard InChI is InChI=1S/C29H33N3O/c1-3-25(20-19-24-13-7-4-8-14-24)28(21-30-23-33)31-22-32(2)29(26-15-9-5-10-16-26)27-17-11-6-12-18-27/h3-11,13-17,22-23,29H,1,12,18-21H2,2H3,(H,30,33)/b28-25+,31-22?. The number of hydrogen-bond acceptors (Lipinski definition) is 2. The van der Waals surface area contributed by atoms with Gasteiger partial charge in [0.25, 0.3) is 0 Å². The van der Waals surface area contributed by atoms with Crippen molar-refractivity contribution >= 4 is 12.7 Å². The fourth-order valence-corrected chi connectivity index (χ4v) is 4.09. The number of hydrogen-bond donors (Lipinski definition) is 1. The maximum Gasteiger partial charge on any atom is 0.207 e. The molecule has 1 N–H and O–H groups in total. The summed E-state index contributed by atoms with van der Waals surface area (Å²) in [4.78, 5) is 18.0. The molecule has 0 radical (unpaired) electrons. The van der Waals surface area contributed by atoms with E-state index in [2.05, 4.69) is 78.5 Å². The maximum absolute atomic E-state index is 11.0. The van der Waals surface area contributed by atoms with E-state index in [1.54, 1.807) is 0 Å². The van der Waals surface area contributed by atoms with Gasteiger partial charge in [0.15, 0.2) is 0 Å². The zero-order valence-electron chi connectivity index (χ0n) is 19.4. The van der Waals surface area contributed by atoms with Crippen molar-refractivity contribution in [2.24, 2.45) is 4.99 Å². The quantitative estimate of drug-likeness (QED) is 0.197. The molecule has 1 aliphatic rings. The van der Waals surface area contributed by atoms with E-state index in [0.29, 0.717) is 13.0 Å². The van der Waals surface area contributed by atoms with Gasteiger partial charge in [0.05, 0.1) is 24.6 Å². The molecule has 1 atom stereocenters. The Labute approximate surface area is 197 Å². The van der Waals surface area contributed by atoms with Crippen LogP contribution in [0.25, 0.3) is 0 Å². The fourth-order valence-electron chi connectivity index (χ4n) is 4.09. The molecule has 1 amide bonds. The number of aryl methyl sites for hydroxylation is 1. The van der Waals surface area contributed by atoms with Gasteiger partial charge in [-0.1, -0.05) is 91.5 Å². The molecule has 170 valence electrons. The van der Waals surface area contributed by atoms with Crippen molar-refractivity contribution in [3.63, 3.8) is 0 Å². The Hall–Kier alpha value is -3.66. The molecule has 3 rings (SSSR count). The van der Waals surface area contributed by atoms with Crippen molar-refractivity contribution in [3.05, 3.63) is 120 Å². The van der Waals surface area contributed by atoms with Crippen LogP contribution in [0.4, 0.5) is 0 Å². The van der Waals surface area contributed by atoms with E-state index >= 15 is 0 Å². The number of allylic oxidation sites excluding steroid dienone is 5. The van der Waals surface area contributed by atoms with Gasteiger partial charge in [-0.15, -0.1) is 0 Å². The van der Waals surface area contributed by atoms with Crippen LogP contribution >= 0.6 is 0 Å². The van der Waals surface area contributed by atoms with E-state index in [1.165, 1.54) is 16.7 Å². The van der Waals surface area contributed by atoms with Crippen molar-refractivity contribution in [2.75, 3.05) is 13.6 Å². The number of nitrogens with zero attached hydrogens (tertiary/aromatic N) is 2. The first-order valence-corrected chi connectivity index (χ1v) is 11.4. The van der Waals surface area contributed by atoms with Gasteiger partial charge < -0.3 is 10.2 Å². The summed E-state index contributed by atoms with van der Waals surface area (Å²) in [5, 5.41) is 2.77. The van der Waals surface area contributed by atoms with Crippen LogP contribution in [-0.2, 0) is 11.2 Å². The highest BCUT2D eigenvalue weighted by molar-refractivity contribution is 5.60. The number of carbonyl (C=O) groups excluding carboxylic acids is 1. The maximum atomic E-state index is 11.0. The number of rotatable bonds is 12. The molecule has 4 heteroatoms. The van der Waals surface area contributed by atoms with Crippen molar-refractivity contribution in [1.29, 1.82) is 0 Å². The monoisotopic (exact) mass is 439 g/mol. The van der Waals surface area contributed by atoms with E-state index in [9.17, 15) is 4.79 Å². The Morgan fingerprint density at radius 3 is 2.52 bits per heavy atom. The smallest absolute Gasteiger partial charge is 0.207 e. The van der Waals surface area contributed by atoms with Crippen LogP contribution in [-0.4, -0.2) is 31.2 Å². The van der Waals surface area contributed by atoms with Crippen molar-refractivity contribution < 1.29 is 4.79 Å². The van der Waals surface area contributed by atoms with Gasteiger partial charge in [0, 0.05) is 7.05 Å². The molecule has 4 nitrogen and oxygen atoms in total. The van der Waals surface area contributed by atoms with Crippen LogP contribution in [0.1, 0.15) is 36.4 Å². The fraction of sp³-hybridized carbons (Fsp3) is 0.241. The molecule has 0 aromatic heterocycles. The van der Waals surface area contributed by atoms with Crippen LogP contribution < -0.4 is 5.32 Å². The summed E-state index contributed by atoms with van der Waals surface area (Å²) in [5.74, 6) is 0. The molecule has 0 spiro atoms. The number of aliphatic imine (C=N–C) groups is 1. The third-order valence-electron chi connectivity index (χ3n) is 5.81. The van der Waals surface area contributed by atoms with Gasteiger partial charge in [0.2, 0.25) is 6.41 Å². The number of benzene rings is 2. The largest absolute Gasteiger partial charge is 0.355 e. The Morgan fingerprint density at radius 2 is 1.88 bits per heavy atom.